The molecule has 21 rings (SSSR count). The van der Waals surface area contributed by atoms with Crippen LogP contribution in [0.2, 0.25) is 0 Å². The molecule has 6 saturated heterocycles. The van der Waals surface area contributed by atoms with Gasteiger partial charge in [-0.05, 0) is 198 Å². The van der Waals surface area contributed by atoms with Crippen LogP contribution in [0.25, 0.3) is 39.2 Å². The average Bonchev–Trinajstić information content (AvgIpc) is 2.02. The Morgan fingerprint density at radius 2 is 0.915 bits per heavy atom. The van der Waals surface area contributed by atoms with Crippen LogP contribution in [0.3, 0.4) is 0 Å². The molecular weight excluding hydrogens is 1480 g/mol. The highest BCUT2D eigenvalue weighted by molar-refractivity contribution is 6.08. The number of hydrogen-bond donors (Lipinski definition) is 9. The Morgan fingerprint density at radius 1 is 0.453 bits per heavy atom. The molecule has 28 nitrogen and oxygen atoms in total. The van der Waals surface area contributed by atoms with Crippen molar-refractivity contribution in [2.45, 2.75) is 135 Å². The van der Waals surface area contributed by atoms with Gasteiger partial charge in [0.25, 0.3) is 17.7 Å². The summed E-state index contributed by atoms with van der Waals surface area (Å²) in [7, 11) is 2.15. The lowest BCUT2D eigenvalue weighted by molar-refractivity contribution is -0.128. The van der Waals surface area contributed by atoms with Gasteiger partial charge in [0.15, 0.2) is 11.5 Å². The van der Waals surface area contributed by atoms with Gasteiger partial charge in [0.05, 0.1) is 110 Å². The summed E-state index contributed by atoms with van der Waals surface area (Å²) < 4.78 is 20.6. The number of piperidine rings is 3. The molecule has 6 fully saturated rings. The van der Waals surface area contributed by atoms with E-state index in [-0.39, 0.29) is 51.8 Å². The van der Waals surface area contributed by atoms with Gasteiger partial charge in [-0.1, -0.05) is 18.2 Å². The molecule has 9 N–H and O–H groups in total. The first-order chi connectivity index (χ1) is 57.0. The second-order valence-electron chi connectivity index (χ2n) is 33.6. The number of aryl methyl sites for hydroxylation is 3. The van der Waals surface area contributed by atoms with E-state index in [9.17, 15) is 33.5 Å². The molecule has 0 bridgehead atoms. The molecular formula is C88H99FN22O6. The zero-order valence-electron chi connectivity index (χ0n) is 66.3. The fraction of sp³-hybridized carbons (Fsp3) is 0.420. The summed E-state index contributed by atoms with van der Waals surface area (Å²) in [5.74, 6) is 1.75. The van der Waals surface area contributed by atoms with Crippen LogP contribution in [0.15, 0.2) is 122 Å². The first-order valence-corrected chi connectivity index (χ1v) is 41.7. The molecule has 0 aliphatic carbocycles. The standard InChI is InChI=1S/C32H37FN8O2.2C28H31N7O2/c1-21-7-10-41-26(19-35-30(41)29(21)33)23-4-5-25(28-24(23)18-36-31(28)42)37-27-6-3-22(17-34-27)40-11-8-32(43,9-12-40)20-39-15-13-38(2)14-16-39;2*36-26-25-21(15-31-26)19(20-16-32-35-13-2-1-4-23(20)35)6-7-22(25)33-24-8-5-18(14-30-24)34-12-3-9-28(17-34)10-11-29-27(28)37/h3-7,10,17,19,43H,8-9,11-16,18,20H2,1-2H3,(H,34,37)(H,36,42);2*5-8,14,16H,1-4,9-13,15,17H2,(H,29,37)(H,30,33)(H,31,36)/t;2*28-/m.10/s1. The van der Waals surface area contributed by atoms with Crippen LogP contribution in [-0.4, -0.2) is 186 Å². The van der Waals surface area contributed by atoms with Crippen molar-refractivity contribution >= 4 is 86.8 Å². The molecule has 2 atom stereocenters. The smallest absolute Gasteiger partial charge is 0.254 e. The number of rotatable bonds is 14. The summed E-state index contributed by atoms with van der Waals surface area (Å²) in [6.07, 6.45) is 26.8. The van der Waals surface area contributed by atoms with E-state index < -0.39 is 5.60 Å². The number of carbonyl (C=O) groups excluding carboxylic acids is 5. The number of β-amino-alcohol motifs (C(OH)–C–C–N with tert-alkyl or cyclic N) is 1. The third-order valence-corrected chi connectivity index (χ3v) is 26.4. The van der Waals surface area contributed by atoms with Gasteiger partial charge in [0.1, 0.15) is 17.5 Å². The summed E-state index contributed by atoms with van der Waals surface area (Å²) >= 11 is 0. The molecule has 604 valence electrons. The first-order valence-electron chi connectivity index (χ1n) is 41.7. The number of pyridine rings is 4. The van der Waals surface area contributed by atoms with Gasteiger partial charge in [-0.2, -0.15) is 10.2 Å². The van der Waals surface area contributed by atoms with Crippen LogP contribution in [0.5, 0.6) is 0 Å². The zero-order chi connectivity index (χ0) is 79.7. The lowest BCUT2D eigenvalue weighted by Crippen LogP contribution is -2.54. The number of aromatic nitrogens is 9. The summed E-state index contributed by atoms with van der Waals surface area (Å²) in [4.78, 5) is 93.4. The Balaban J connectivity index is 0.000000117. The van der Waals surface area contributed by atoms with Gasteiger partial charge in [-0.3, -0.25) is 42.6 Å². The molecule has 0 radical (unpaired) electrons. The molecule has 2 spiro atoms. The Labute approximate surface area is 677 Å². The highest BCUT2D eigenvalue weighted by atomic mass is 19.1. The predicted molar refractivity (Wildman–Crippen MR) is 446 cm³/mol. The van der Waals surface area contributed by atoms with Crippen LogP contribution in [-0.2, 0) is 55.2 Å². The number of piperazine rings is 1. The zero-order valence-corrected chi connectivity index (χ0v) is 66.3. The van der Waals surface area contributed by atoms with Crippen molar-refractivity contribution in [1.29, 1.82) is 0 Å². The summed E-state index contributed by atoms with van der Waals surface area (Å²) in [5.41, 5.74) is 18.2. The number of halogens is 1. The van der Waals surface area contributed by atoms with Gasteiger partial charge < -0.3 is 67.2 Å². The number of anilines is 9. The number of nitrogens with zero attached hydrogens (tertiary/aromatic N) is 14. The maximum Gasteiger partial charge on any atom is 0.254 e. The number of fused-ring (bicyclic) bond motifs is 6. The maximum atomic E-state index is 14.7. The van der Waals surface area contributed by atoms with Crippen molar-refractivity contribution in [3.8, 4) is 33.5 Å². The minimum absolute atomic E-state index is 0.0644. The molecule has 18 heterocycles. The van der Waals surface area contributed by atoms with Gasteiger partial charge in [0.2, 0.25) is 11.8 Å². The SMILES string of the molecule is Cc1ccn2c(-c3ccc(Nc4ccc(N5CCC(O)(CN6CCN(C)CC6)CC5)cn4)c4c3CNC4=O)cnc2c1F.O=C1NCc2c(-c3cnn4c3CCCC4)ccc(Nc3ccc(N4CCC[C@@]5(CCNC5=O)C4)cn3)c21.O=C1NCc2c(-c3cnn4c3CCCC4)ccc(Nc3ccc(N4CCC[C@]5(CCNC5=O)C4)cn3)c21. The molecule has 11 aliphatic rings. The van der Waals surface area contributed by atoms with Gasteiger partial charge >= 0.3 is 0 Å². The van der Waals surface area contributed by atoms with Crippen molar-refractivity contribution in [1.82, 2.24) is 80.3 Å². The lowest BCUT2D eigenvalue weighted by Gasteiger charge is -2.43. The normalized spacial score (nSPS) is 21.3. The fourth-order valence-electron chi connectivity index (χ4n) is 19.7. The lowest BCUT2D eigenvalue weighted by atomic mass is 9.78. The van der Waals surface area contributed by atoms with Crippen molar-refractivity contribution in [3.63, 3.8) is 0 Å². The van der Waals surface area contributed by atoms with Crippen molar-refractivity contribution in [3.05, 3.63) is 178 Å². The number of benzene rings is 3. The predicted octanol–water partition coefficient (Wildman–Crippen LogP) is 10.2. The Morgan fingerprint density at radius 3 is 1.37 bits per heavy atom. The highest BCUT2D eigenvalue weighted by Gasteiger charge is 2.47. The number of hydrogen-bond acceptors (Lipinski definition) is 20. The molecule has 11 aliphatic heterocycles. The topological polar surface area (TPSA) is 310 Å². The van der Waals surface area contributed by atoms with Crippen LogP contribution in [0.1, 0.15) is 142 Å². The molecule has 5 amide bonds. The second kappa shape index (κ2) is 31.0. The van der Waals surface area contributed by atoms with Crippen LogP contribution in [0, 0.1) is 23.6 Å². The number of aliphatic hydroxyl groups is 1. The average molecular weight is 1580 g/mol. The Bertz CT molecular complexity index is 5320. The van der Waals surface area contributed by atoms with Crippen LogP contribution in [0.4, 0.5) is 56.0 Å². The first kappa shape index (κ1) is 75.2. The molecule has 117 heavy (non-hydrogen) atoms. The van der Waals surface area contributed by atoms with E-state index in [4.69, 9.17) is 0 Å². The minimum atomic E-state index is -0.648. The van der Waals surface area contributed by atoms with Gasteiger partial charge in [-0.25, -0.2) is 24.3 Å². The van der Waals surface area contributed by atoms with Gasteiger partial charge in [0, 0.05) is 152 Å². The number of nitrogens with one attached hydrogen (secondary N) is 8. The summed E-state index contributed by atoms with van der Waals surface area (Å²) in [5, 5.41) is 45.5. The second-order valence-corrected chi connectivity index (χ2v) is 33.6. The summed E-state index contributed by atoms with van der Waals surface area (Å²) in [6, 6.07) is 25.6. The van der Waals surface area contributed by atoms with E-state index in [1.165, 1.54) is 24.2 Å². The van der Waals surface area contributed by atoms with E-state index in [0.29, 0.717) is 65.0 Å². The number of carbonyl (C=O) groups is 5. The van der Waals surface area contributed by atoms with Crippen molar-refractivity contribution in [2.24, 2.45) is 10.8 Å². The van der Waals surface area contributed by atoms with E-state index in [2.05, 4.69) is 138 Å². The Hall–Kier alpha value is -11.8. The molecule has 3 aromatic carbocycles. The van der Waals surface area contributed by atoms with Crippen LogP contribution >= 0.6 is 0 Å². The number of likely N-dealkylation sites (N-methyl/N-ethyl adjacent to an activating group) is 1. The molecule has 7 aromatic heterocycles. The van der Waals surface area contributed by atoms with Crippen molar-refractivity contribution < 1.29 is 33.5 Å². The molecule has 0 saturated carbocycles. The molecule has 0 unspecified atom stereocenters. The molecule has 10 aromatic rings. The summed E-state index contributed by atoms with van der Waals surface area (Å²) in [6.45, 7) is 16.3. The third-order valence-electron chi connectivity index (χ3n) is 26.4. The highest BCUT2D eigenvalue weighted by Crippen LogP contribution is 2.45. The quantitative estimate of drug-likeness (QED) is 0.0489. The van der Waals surface area contributed by atoms with E-state index in [0.717, 1.165) is 254 Å². The van der Waals surface area contributed by atoms with E-state index in [1.54, 1.807) is 29.8 Å². The number of amides is 5. The largest absolute Gasteiger partial charge is 0.388 e. The minimum Gasteiger partial charge on any atom is -0.388 e. The molecule has 29 heteroatoms. The van der Waals surface area contributed by atoms with E-state index in [1.807, 2.05) is 79.5 Å². The monoisotopic (exact) mass is 1580 g/mol. The van der Waals surface area contributed by atoms with Crippen LogP contribution < -0.4 is 57.2 Å². The fourth-order valence-corrected chi connectivity index (χ4v) is 19.7. The maximum absolute atomic E-state index is 14.7. The van der Waals surface area contributed by atoms with Gasteiger partial charge in [-0.15, -0.1) is 0 Å². The third kappa shape index (κ3) is 14.4. The van der Waals surface area contributed by atoms with Crippen molar-refractivity contribution in [2.75, 3.05) is 123 Å². The number of imidazole rings is 1. The van der Waals surface area contributed by atoms with E-state index >= 15 is 0 Å². The Kier molecular flexibility index (Phi) is 19.9.